The second-order valence-electron chi connectivity index (χ2n) is 6.76. The average Bonchev–Trinajstić information content (AvgIpc) is 3.26. The van der Waals surface area contributed by atoms with Crippen LogP contribution >= 0.6 is 11.3 Å². The summed E-state index contributed by atoms with van der Waals surface area (Å²) in [6.07, 6.45) is 2.44. The van der Waals surface area contributed by atoms with Crippen LogP contribution in [0.5, 0.6) is 0 Å². The Hall–Kier alpha value is -1.84. The molecule has 0 aromatic carbocycles. The Kier molecular flexibility index (Phi) is 4.54. The fraction of sp³-hybridized carbons (Fsp3) is 0.471. The predicted molar refractivity (Wildman–Crippen MR) is 102 cm³/mol. The first kappa shape index (κ1) is 17.6. The van der Waals surface area contributed by atoms with Crippen LogP contribution in [0.4, 0.5) is 0 Å². The second-order valence-corrected chi connectivity index (χ2v) is 10.1. The van der Waals surface area contributed by atoms with Crippen molar-refractivity contribution in [2.75, 3.05) is 11.5 Å². The van der Waals surface area contributed by atoms with Gasteiger partial charge in [-0.15, -0.1) is 11.3 Å². The summed E-state index contributed by atoms with van der Waals surface area (Å²) in [4.78, 5) is 9.02. The van der Waals surface area contributed by atoms with Crippen LogP contribution < -0.4 is 5.32 Å². The van der Waals surface area contributed by atoms with Crippen LogP contribution in [-0.4, -0.2) is 39.7 Å². The minimum Gasteiger partial charge on any atom is -0.307 e. The van der Waals surface area contributed by atoms with Gasteiger partial charge in [0, 0.05) is 30.1 Å². The highest BCUT2D eigenvalue weighted by Crippen LogP contribution is 2.28. The molecule has 1 fully saturated rings. The Morgan fingerprint density at radius 2 is 2.19 bits per heavy atom. The van der Waals surface area contributed by atoms with E-state index in [1.807, 2.05) is 20.0 Å². The summed E-state index contributed by atoms with van der Waals surface area (Å²) >= 11 is 1.65. The number of thiazole rings is 1. The number of aromatic nitrogens is 4. The zero-order valence-corrected chi connectivity index (χ0v) is 16.4. The maximum absolute atomic E-state index is 11.8. The number of sulfone groups is 1. The van der Waals surface area contributed by atoms with E-state index in [0.29, 0.717) is 13.0 Å². The Labute approximate surface area is 156 Å². The van der Waals surface area contributed by atoms with Crippen molar-refractivity contribution in [1.82, 2.24) is 25.1 Å². The molecule has 0 bridgehead atoms. The summed E-state index contributed by atoms with van der Waals surface area (Å²) in [5.74, 6) is 0.386. The number of nitrogens with zero attached hydrogens (tertiary/aromatic N) is 4. The molecule has 0 spiro atoms. The number of fused-ring (bicyclic) bond motifs is 1. The average molecular weight is 392 g/mol. The SMILES string of the molecule is Cc1nc(CNCc2cnc3c(c2)c(C)nn3C2CCS(=O)(=O)C2)cs1. The standard InChI is InChI=1S/C17H21N5O2S2/c1-11-16-5-13(6-18-8-14-9-25-12(2)20-14)7-19-17(16)22(21-11)15-3-4-26(23,24)10-15/h5,7,9,15,18H,3-4,6,8,10H2,1-2H3. The molecule has 4 rings (SSSR count). The zero-order valence-electron chi connectivity index (χ0n) is 14.8. The van der Waals surface area contributed by atoms with Gasteiger partial charge in [0.05, 0.1) is 33.9 Å². The van der Waals surface area contributed by atoms with E-state index in [1.54, 1.807) is 16.0 Å². The van der Waals surface area contributed by atoms with Crippen molar-refractivity contribution < 1.29 is 8.42 Å². The van der Waals surface area contributed by atoms with Crippen molar-refractivity contribution in [3.8, 4) is 0 Å². The van der Waals surface area contributed by atoms with Gasteiger partial charge in [-0.25, -0.2) is 23.1 Å². The van der Waals surface area contributed by atoms with E-state index in [1.165, 1.54) is 0 Å². The molecular formula is C17H21N5O2S2. The number of hydrogen-bond donors (Lipinski definition) is 1. The lowest BCUT2D eigenvalue weighted by Gasteiger charge is -2.09. The molecule has 3 aromatic heterocycles. The molecule has 1 atom stereocenters. The molecular weight excluding hydrogens is 370 g/mol. The molecule has 7 nitrogen and oxygen atoms in total. The van der Waals surface area contributed by atoms with Crippen molar-refractivity contribution in [2.45, 2.75) is 39.4 Å². The molecule has 3 aromatic rings. The number of nitrogens with one attached hydrogen (secondary N) is 1. The van der Waals surface area contributed by atoms with E-state index in [9.17, 15) is 8.42 Å². The maximum Gasteiger partial charge on any atom is 0.158 e. The Morgan fingerprint density at radius 3 is 2.88 bits per heavy atom. The van der Waals surface area contributed by atoms with Gasteiger partial charge in [-0.3, -0.25) is 0 Å². The summed E-state index contributed by atoms with van der Waals surface area (Å²) in [5.41, 5.74) is 3.77. The third-order valence-corrected chi connectivity index (χ3v) is 7.22. The topological polar surface area (TPSA) is 89.8 Å². The summed E-state index contributed by atoms with van der Waals surface area (Å²) < 4.78 is 25.3. The lowest BCUT2D eigenvalue weighted by Crippen LogP contribution is -2.14. The molecule has 9 heteroatoms. The molecule has 1 aliphatic rings. The highest BCUT2D eigenvalue weighted by atomic mass is 32.2. The quantitative estimate of drug-likeness (QED) is 0.717. The molecule has 1 aliphatic heterocycles. The molecule has 1 N–H and O–H groups in total. The van der Waals surface area contributed by atoms with Gasteiger partial charge < -0.3 is 5.32 Å². The van der Waals surface area contributed by atoms with Gasteiger partial charge in [-0.1, -0.05) is 0 Å². The first-order chi connectivity index (χ1) is 12.4. The number of rotatable bonds is 5. The van der Waals surface area contributed by atoms with Gasteiger partial charge in [-0.05, 0) is 31.9 Å². The first-order valence-electron chi connectivity index (χ1n) is 8.57. The molecule has 138 valence electrons. The molecule has 0 saturated carbocycles. The van der Waals surface area contributed by atoms with Gasteiger partial charge >= 0.3 is 0 Å². The van der Waals surface area contributed by atoms with E-state index in [0.717, 1.165) is 39.5 Å². The lowest BCUT2D eigenvalue weighted by atomic mass is 10.2. The highest BCUT2D eigenvalue weighted by molar-refractivity contribution is 7.91. The Morgan fingerprint density at radius 1 is 1.35 bits per heavy atom. The highest BCUT2D eigenvalue weighted by Gasteiger charge is 2.31. The molecule has 0 amide bonds. The number of pyridine rings is 1. The van der Waals surface area contributed by atoms with Crippen LogP contribution in [0.15, 0.2) is 17.6 Å². The van der Waals surface area contributed by atoms with Gasteiger partial charge in [0.2, 0.25) is 0 Å². The molecule has 1 saturated heterocycles. The maximum atomic E-state index is 11.8. The first-order valence-corrected chi connectivity index (χ1v) is 11.3. The van der Waals surface area contributed by atoms with Gasteiger partial charge in [0.25, 0.3) is 0 Å². The third-order valence-electron chi connectivity index (χ3n) is 4.64. The molecule has 1 unspecified atom stereocenters. The van der Waals surface area contributed by atoms with Crippen molar-refractivity contribution in [1.29, 1.82) is 0 Å². The van der Waals surface area contributed by atoms with Crippen LogP contribution in [0.3, 0.4) is 0 Å². The van der Waals surface area contributed by atoms with E-state index in [4.69, 9.17) is 0 Å². The fourth-order valence-electron chi connectivity index (χ4n) is 3.36. The minimum absolute atomic E-state index is 0.111. The van der Waals surface area contributed by atoms with E-state index >= 15 is 0 Å². The van der Waals surface area contributed by atoms with Crippen molar-refractivity contribution >= 4 is 32.2 Å². The van der Waals surface area contributed by atoms with Crippen LogP contribution in [0.1, 0.15) is 34.4 Å². The van der Waals surface area contributed by atoms with Crippen molar-refractivity contribution in [2.24, 2.45) is 0 Å². The van der Waals surface area contributed by atoms with Crippen molar-refractivity contribution in [3.63, 3.8) is 0 Å². The molecule has 0 radical (unpaired) electrons. The normalized spacial score (nSPS) is 19.4. The summed E-state index contributed by atoms with van der Waals surface area (Å²) in [5, 5.41) is 12.1. The molecule has 4 heterocycles. The largest absolute Gasteiger partial charge is 0.307 e. The fourth-order valence-corrected chi connectivity index (χ4v) is 5.66. The van der Waals surface area contributed by atoms with E-state index < -0.39 is 9.84 Å². The zero-order chi connectivity index (χ0) is 18.3. The predicted octanol–water partition coefficient (Wildman–Crippen LogP) is 2.15. The number of hydrogen-bond acceptors (Lipinski definition) is 7. The molecule has 0 aliphatic carbocycles. The Bertz CT molecular complexity index is 1050. The smallest absolute Gasteiger partial charge is 0.158 e. The van der Waals surface area contributed by atoms with Gasteiger partial charge in [-0.2, -0.15) is 5.10 Å². The molecule has 26 heavy (non-hydrogen) atoms. The van der Waals surface area contributed by atoms with Crippen LogP contribution in [-0.2, 0) is 22.9 Å². The van der Waals surface area contributed by atoms with Gasteiger partial charge in [0.15, 0.2) is 15.5 Å². The lowest BCUT2D eigenvalue weighted by molar-refractivity contribution is 0.509. The van der Waals surface area contributed by atoms with E-state index in [-0.39, 0.29) is 17.5 Å². The third kappa shape index (κ3) is 3.51. The second kappa shape index (κ2) is 6.71. The minimum atomic E-state index is -2.95. The van der Waals surface area contributed by atoms with Crippen LogP contribution in [0.2, 0.25) is 0 Å². The van der Waals surface area contributed by atoms with Crippen LogP contribution in [0, 0.1) is 13.8 Å². The van der Waals surface area contributed by atoms with Gasteiger partial charge in [0.1, 0.15) is 0 Å². The Balaban J connectivity index is 1.51. The summed E-state index contributed by atoms with van der Waals surface area (Å²) in [7, 11) is -2.95. The summed E-state index contributed by atoms with van der Waals surface area (Å²) in [6, 6.07) is 1.98. The van der Waals surface area contributed by atoms with Crippen LogP contribution in [0.25, 0.3) is 11.0 Å². The summed E-state index contributed by atoms with van der Waals surface area (Å²) in [6.45, 7) is 5.36. The number of aryl methyl sites for hydroxylation is 2. The monoisotopic (exact) mass is 391 g/mol. The van der Waals surface area contributed by atoms with Crippen molar-refractivity contribution in [3.05, 3.63) is 39.6 Å². The van der Waals surface area contributed by atoms with E-state index in [2.05, 4.69) is 31.8 Å².